The molecule has 2 nitrogen and oxygen atoms in total. The molecule has 1 rings (SSSR count). The van der Waals surface area contributed by atoms with E-state index in [4.69, 9.17) is 0 Å². The molecule has 2 unspecified atom stereocenters. The summed E-state index contributed by atoms with van der Waals surface area (Å²) in [6, 6.07) is 1.21. The number of likely N-dealkylation sites (tertiary alicyclic amines) is 1. The van der Waals surface area contributed by atoms with Crippen molar-refractivity contribution in [3.8, 4) is 0 Å². The van der Waals surface area contributed by atoms with E-state index in [0.29, 0.717) is 12.1 Å². The molecule has 0 aromatic heterocycles. The molecule has 1 aliphatic rings. The van der Waals surface area contributed by atoms with Crippen LogP contribution in [0.2, 0.25) is 0 Å². The summed E-state index contributed by atoms with van der Waals surface area (Å²) >= 11 is 0. The molecule has 1 N–H and O–H groups in total. The zero-order chi connectivity index (χ0) is 12.7. The van der Waals surface area contributed by atoms with Crippen LogP contribution < -0.4 is 5.32 Å². The van der Waals surface area contributed by atoms with Gasteiger partial charge in [0.15, 0.2) is 0 Å². The van der Waals surface area contributed by atoms with Crippen LogP contribution in [-0.4, -0.2) is 36.6 Å². The first-order valence-electron chi connectivity index (χ1n) is 7.26. The SMILES string of the molecule is C=CCC(C)NC(C)C1CCN(CCC)CC1. The maximum atomic E-state index is 3.80. The van der Waals surface area contributed by atoms with Gasteiger partial charge >= 0.3 is 0 Å². The molecule has 0 saturated carbocycles. The maximum absolute atomic E-state index is 3.80. The quantitative estimate of drug-likeness (QED) is 0.686. The van der Waals surface area contributed by atoms with Crippen molar-refractivity contribution in [2.24, 2.45) is 5.92 Å². The summed E-state index contributed by atoms with van der Waals surface area (Å²) < 4.78 is 0. The lowest BCUT2D eigenvalue weighted by molar-refractivity contribution is 0.159. The molecule has 2 atom stereocenters. The Morgan fingerprint density at radius 1 is 1.35 bits per heavy atom. The Kier molecular flexibility index (Phi) is 6.83. The Morgan fingerprint density at radius 2 is 2.00 bits per heavy atom. The molecule has 0 bridgehead atoms. The predicted octanol–water partition coefficient (Wildman–Crippen LogP) is 3.05. The Hall–Kier alpha value is -0.340. The number of hydrogen-bond donors (Lipinski definition) is 1. The third kappa shape index (κ3) is 5.22. The van der Waals surface area contributed by atoms with E-state index < -0.39 is 0 Å². The highest BCUT2D eigenvalue weighted by atomic mass is 15.1. The summed E-state index contributed by atoms with van der Waals surface area (Å²) in [5.74, 6) is 0.857. The molecular formula is C15H30N2. The van der Waals surface area contributed by atoms with Crippen LogP contribution in [0.25, 0.3) is 0 Å². The minimum Gasteiger partial charge on any atom is -0.311 e. The first kappa shape index (κ1) is 14.7. The van der Waals surface area contributed by atoms with Crippen molar-refractivity contribution >= 4 is 0 Å². The van der Waals surface area contributed by atoms with Crippen molar-refractivity contribution in [2.45, 2.75) is 58.5 Å². The van der Waals surface area contributed by atoms with Gasteiger partial charge in [0, 0.05) is 12.1 Å². The molecule has 0 aliphatic carbocycles. The van der Waals surface area contributed by atoms with Gasteiger partial charge in [0.25, 0.3) is 0 Å². The van der Waals surface area contributed by atoms with Gasteiger partial charge in [-0.05, 0) is 65.1 Å². The predicted molar refractivity (Wildman–Crippen MR) is 76.3 cm³/mol. The number of rotatable bonds is 7. The highest BCUT2D eigenvalue weighted by molar-refractivity contribution is 4.83. The van der Waals surface area contributed by atoms with Crippen LogP contribution in [0.15, 0.2) is 12.7 Å². The largest absolute Gasteiger partial charge is 0.311 e. The van der Waals surface area contributed by atoms with Gasteiger partial charge in [-0.15, -0.1) is 6.58 Å². The lowest BCUT2D eigenvalue weighted by Crippen LogP contribution is -2.44. The van der Waals surface area contributed by atoms with E-state index in [9.17, 15) is 0 Å². The van der Waals surface area contributed by atoms with E-state index in [1.165, 1.54) is 38.9 Å². The molecule has 17 heavy (non-hydrogen) atoms. The average molecular weight is 238 g/mol. The van der Waals surface area contributed by atoms with Crippen molar-refractivity contribution in [3.63, 3.8) is 0 Å². The molecule has 0 aromatic rings. The molecule has 0 spiro atoms. The van der Waals surface area contributed by atoms with E-state index in [1.54, 1.807) is 0 Å². The lowest BCUT2D eigenvalue weighted by atomic mass is 9.89. The number of nitrogens with zero attached hydrogens (tertiary/aromatic N) is 1. The molecular weight excluding hydrogens is 208 g/mol. The summed E-state index contributed by atoms with van der Waals surface area (Å²) in [5, 5.41) is 3.71. The Balaban J connectivity index is 2.25. The van der Waals surface area contributed by atoms with Gasteiger partial charge in [-0.2, -0.15) is 0 Å². The van der Waals surface area contributed by atoms with Crippen LogP contribution in [0.3, 0.4) is 0 Å². The van der Waals surface area contributed by atoms with Gasteiger partial charge in [0.05, 0.1) is 0 Å². The molecule has 100 valence electrons. The highest BCUT2D eigenvalue weighted by Crippen LogP contribution is 2.21. The number of piperidine rings is 1. The zero-order valence-electron chi connectivity index (χ0n) is 11.9. The summed E-state index contributed by atoms with van der Waals surface area (Å²) in [6.45, 7) is 14.5. The van der Waals surface area contributed by atoms with Crippen molar-refractivity contribution in [2.75, 3.05) is 19.6 Å². The van der Waals surface area contributed by atoms with E-state index in [2.05, 4.69) is 37.6 Å². The first-order chi connectivity index (χ1) is 8.17. The van der Waals surface area contributed by atoms with Crippen LogP contribution in [-0.2, 0) is 0 Å². The fourth-order valence-corrected chi connectivity index (χ4v) is 2.90. The van der Waals surface area contributed by atoms with Crippen LogP contribution in [0.4, 0.5) is 0 Å². The van der Waals surface area contributed by atoms with E-state index in [-0.39, 0.29) is 0 Å². The van der Waals surface area contributed by atoms with Crippen molar-refractivity contribution in [1.82, 2.24) is 10.2 Å². The molecule has 2 heteroatoms. The van der Waals surface area contributed by atoms with Crippen LogP contribution >= 0.6 is 0 Å². The van der Waals surface area contributed by atoms with Crippen molar-refractivity contribution in [3.05, 3.63) is 12.7 Å². The standard InChI is InChI=1S/C15H30N2/c1-5-7-13(3)16-14(4)15-8-11-17(10-6-2)12-9-15/h5,13-16H,1,6-12H2,2-4H3. The summed E-state index contributed by atoms with van der Waals surface area (Å²) in [4.78, 5) is 2.61. The third-order valence-electron chi connectivity index (χ3n) is 3.95. The minimum absolute atomic E-state index is 0.566. The second-order valence-electron chi connectivity index (χ2n) is 5.56. The lowest BCUT2D eigenvalue weighted by Gasteiger charge is -2.36. The summed E-state index contributed by atoms with van der Waals surface area (Å²) in [7, 11) is 0. The van der Waals surface area contributed by atoms with Gasteiger partial charge in [-0.25, -0.2) is 0 Å². The number of hydrogen-bond acceptors (Lipinski definition) is 2. The monoisotopic (exact) mass is 238 g/mol. The van der Waals surface area contributed by atoms with Crippen LogP contribution in [0, 0.1) is 5.92 Å². The van der Waals surface area contributed by atoms with Gasteiger partial charge in [-0.3, -0.25) is 0 Å². The highest BCUT2D eigenvalue weighted by Gasteiger charge is 2.23. The van der Waals surface area contributed by atoms with Crippen LogP contribution in [0.5, 0.6) is 0 Å². The topological polar surface area (TPSA) is 15.3 Å². The smallest absolute Gasteiger partial charge is 0.00757 e. The average Bonchev–Trinajstić information content (AvgIpc) is 2.30. The normalized spacial score (nSPS) is 22.3. The van der Waals surface area contributed by atoms with E-state index in [0.717, 1.165) is 12.3 Å². The summed E-state index contributed by atoms with van der Waals surface area (Å²) in [6.07, 6.45) is 7.08. The third-order valence-corrected chi connectivity index (χ3v) is 3.95. The van der Waals surface area contributed by atoms with Gasteiger partial charge < -0.3 is 10.2 Å². The maximum Gasteiger partial charge on any atom is 0.00757 e. The van der Waals surface area contributed by atoms with Crippen molar-refractivity contribution < 1.29 is 0 Å². The zero-order valence-corrected chi connectivity index (χ0v) is 11.9. The fraction of sp³-hybridized carbons (Fsp3) is 0.867. The molecule has 0 amide bonds. The van der Waals surface area contributed by atoms with Crippen LogP contribution in [0.1, 0.15) is 46.5 Å². The van der Waals surface area contributed by atoms with E-state index >= 15 is 0 Å². The molecule has 1 aliphatic heterocycles. The van der Waals surface area contributed by atoms with Gasteiger partial charge in [-0.1, -0.05) is 13.0 Å². The fourth-order valence-electron chi connectivity index (χ4n) is 2.90. The van der Waals surface area contributed by atoms with Gasteiger partial charge in [0.1, 0.15) is 0 Å². The first-order valence-corrected chi connectivity index (χ1v) is 7.26. The number of nitrogens with one attached hydrogen (secondary N) is 1. The molecule has 1 heterocycles. The molecule has 1 fully saturated rings. The van der Waals surface area contributed by atoms with Crippen molar-refractivity contribution in [1.29, 1.82) is 0 Å². The Bertz CT molecular complexity index is 207. The Labute approximate surface area is 107 Å². The second-order valence-corrected chi connectivity index (χ2v) is 5.56. The van der Waals surface area contributed by atoms with Gasteiger partial charge in [0.2, 0.25) is 0 Å². The minimum atomic E-state index is 0.566. The summed E-state index contributed by atoms with van der Waals surface area (Å²) in [5.41, 5.74) is 0. The second kappa shape index (κ2) is 7.88. The molecule has 1 saturated heterocycles. The molecule has 0 radical (unpaired) electrons. The Morgan fingerprint density at radius 3 is 2.53 bits per heavy atom. The molecule has 0 aromatic carbocycles. The van der Waals surface area contributed by atoms with E-state index in [1.807, 2.05) is 6.08 Å².